The number of hydrogen-bond donors (Lipinski definition) is 0. The number of aryl methyl sites for hydroxylation is 1. The van der Waals surface area contributed by atoms with E-state index >= 15 is 0 Å². The first-order valence-corrected chi connectivity index (χ1v) is 9.18. The Balaban J connectivity index is 1.68. The number of Topliss-reactive ketones (excluding diaryl/α,β-unsaturated/α-hetero) is 1. The van der Waals surface area contributed by atoms with Gasteiger partial charge in [0.15, 0.2) is 10.9 Å². The zero-order valence-corrected chi connectivity index (χ0v) is 15.7. The summed E-state index contributed by atoms with van der Waals surface area (Å²) in [7, 11) is 0. The minimum absolute atomic E-state index is 0.00481. The maximum absolute atomic E-state index is 12.3. The van der Waals surface area contributed by atoms with Crippen molar-refractivity contribution in [3.05, 3.63) is 64.9 Å². The van der Waals surface area contributed by atoms with Crippen LogP contribution < -0.4 is 4.74 Å². The van der Waals surface area contributed by atoms with E-state index in [4.69, 9.17) is 11.6 Å². The average molecular weight is 410 g/mol. The van der Waals surface area contributed by atoms with Crippen molar-refractivity contribution in [2.45, 2.75) is 18.7 Å². The van der Waals surface area contributed by atoms with Gasteiger partial charge in [-0.3, -0.25) is 9.36 Å². The number of thioether (sulfide) groups is 1. The van der Waals surface area contributed by atoms with Crippen LogP contribution in [-0.2, 0) is 0 Å². The lowest BCUT2D eigenvalue weighted by atomic mass is 10.1. The molecule has 0 fully saturated rings. The maximum atomic E-state index is 12.3. The number of ether oxygens (including phenoxy) is 1. The molecule has 0 aliphatic carbocycles. The molecule has 140 valence electrons. The molecule has 2 aromatic carbocycles. The molecular weight excluding hydrogens is 396 g/mol. The fourth-order valence-corrected chi connectivity index (χ4v) is 3.27. The molecule has 9 heteroatoms. The quantitative estimate of drug-likeness (QED) is 0.414. The van der Waals surface area contributed by atoms with E-state index in [0.717, 1.165) is 11.3 Å². The van der Waals surface area contributed by atoms with Crippen molar-refractivity contribution in [2.24, 2.45) is 0 Å². The number of halogens is 3. The molecule has 0 radical (unpaired) electrons. The summed E-state index contributed by atoms with van der Waals surface area (Å²) >= 11 is 7.38. The number of carbonyl (C=O) groups excluding carboxylic acids is 1. The molecule has 5 nitrogen and oxygen atoms in total. The van der Waals surface area contributed by atoms with E-state index < -0.39 is 6.61 Å². The summed E-state index contributed by atoms with van der Waals surface area (Å²) in [6.45, 7) is -0.992. The van der Waals surface area contributed by atoms with E-state index in [-0.39, 0.29) is 17.3 Å². The highest BCUT2D eigenvalue weighted by atomic mass is 35.5. The minimum atomic E-state index is -2.90. The van der Waals surface area contributed by atoms with Gasteiger partial charge in [0.05, 0.1) is 11.4 Å². The van der Waals surface area contributed by atoms with Crippen molar-refractivity contribution >= 4 is 29.1 Å². The van der Waals surface area contributed by atoms with E-state index in [0.29, 0.717) is 15.7 Å². The van der Waals surface area contributed by atoms with Crippen molar-refractivity contribution in [1.82, 2.24) is 14.8 Å². The van der Waals surface area contributed by atoms with E-state index in [1.54, 1.807) is 17.0 Å². The van der Waals surface area contributed by atoms with Crippen LogP contribution >= 0.6 is 23.4 Å². The third kappa shape index (κ3) is 4.84. The molecule has 27 heavy (non-hydrogen) atoms. The molecule has 0 aliphatic rings. The zero-order chi connectivity index (χ0) is 19.4. The number of ketones is 1. The largest absolute Gasteiger partial charge is 0.435 e. The minimum Gasteiger partial charge on any atom is -0.435 e. The van der Waals surface area contributed by atoms with Crippen molar-refractivity contribution in [2.75, 3.05) is 5.75 Å². The van der Waals surface area contributed by atoms with Crippen LogP contribution in [0.25, 0.3) is 5.69 Å². The number of rotatable bonds is 7. The predicted molar refractivity (Wildman–Crippen MR) is 99.2 cm³/mol. The number of hydrogen-bond acceptors (Lipinski definition) is 5. The summed E-state index contributed by atoms with van der Waals surface area (Å²) in [5, 5.41) is 9.09. The molecule has 0 N–H and O–H groups in total. The second-order valence-electron chi connectivity index (χ2n) is 5.53. The van der Waals surface area contributed by atoms with E-state index in [2.05, 4.69) is 14.9 Å². The highest BCUT2D eigenvalue weighted by Gasteiger charge is 2.13. The molecule has 0 unspecified atom stereocenters. The van der Waals surface area contributed by atoms with Gasteiger partial charge in [-0.25, -0.2) is 0 Å². The zero-order valence-electron chi connectivity index (χ0n) is 14.1. The molecule has 0 bridgehead atoms. The van der Waals surface area contributed by atoms with E-state index in [1.807, 2.05) is 19.1 Å². The van der Waals surface area contributed by atoms with Gasteiger partial charge < -0.3 is 4.74 Å². The lowest BCUT2D eigenvalue weighted by Crippen LogP contribution is -2.05. The Morgan fingerprint density at radius 3 is 2.67 bits per heavy atom. The number of benzene rings is 2. The fourth-order valence-electron chi connectivity index (χ4n) is 2.27. The van der Waals surface area contributed by atoms with Gasteiger partial charge in [-0.05, 0) is 48.9 Å². The van der Waals surface area contributed by atoms with Gasteiger partial charge in [-0.15, -0.1) is 10.2 Å². The molecule has 0 amide bonds. The number of nitrogens with zero attached hydrogens (tertiary/aromatic N) is 3. The van der Waals surface area contributed by atoms with Crippen LogP contribution in [0.1, 0.15) is 15.9 Å². The molecule has 0 aliphatic heterocycles. The van der Waals surface area contributed by atoms with Gasteiger partial charge in [-0.1, -0.05) is 29.4 Å². The van der Waals surface area contributed by atoms with E-state index in [9.17, 15) is 13.6 Å². The van der Waals surface area contributed by atoms with Crippen LogP contribution in [0.4, 0.5) is 8.78 Å². The molecule has 3 aromatic rings. The topological polar surface area (TPSA) is 57.0 Å². The van der Waals surface area contributed by atoms with Crippen LogP contribution in [0.3, 0.4) is 0 Å². The first-order valence-electron chi connectivity index (χ1n) is 7.81. The fraction of sp³-hybridized carbons (Fsp3) is 0.167. The number of carbonyl (C=O) groups is 1. The maximum Gasteiger partial charge on any atom is 0.387 e. The molecule has 0 spiro atoms. The number of aromatic nitrogens is 3. The third-order valence-electron chi connectivity index (χ3n) is 3.68. The third-order valence-corrected chi connectivity index (χ3v) is 5.03. The van der Waals surface area contributed by atoms with Crippen molar-refractivity contribution in [3.8, 4) is 11.4 Å². The standard InChI is InChI=1S/C18H14ClF2N3O2S/c1-11-2-5-13(8-15(11)19)24-10-22-23-18(24)27-9-16(25)12-3-6-14(7-4-12)26-17(20)21/h2-8,10,17H,9H2,1H3. The molecule has 3 rings (SSSR count). The summed E-state index contributed by atoms with van der Waals surface area (Å²) in [5.74, 6) is -0.0434. The Hall–Kier alpha value is -2.45. The Bertz CT molecular complexity index is 948. The van der Waals surface area contributed by atoms with Gasteiger partial charge >= 0.3 is 6.61 Å². The summed E-state index contributed by atoms with van der Waals surface area (Å²) in [4.78, 5) is 12.3. The van der Waals surface area contributed by atoms with Crippen molar-refractivity contribution in [1.29, 1.82) is 0 Å². The lowest BCUT2D eigenvalue weighted by Gasteiger charge is -2.08. The van der Waals surface area contributed by atoms with Crippen LogP contribution in [0, 0.1) is 6.92 Å². The molecule has 0 saturated heterocycles. The Morgan fingerprint density at radius 2 is 2.00 bits per heavy atom. The van der Waals surface area contributed by atoms with Gasteiger partial charge in [0, 0.05) is 10.6 Å². The van der Waals surface area contributed by atoms with Gasteiger partial charge in [0.2, 0.25) is 0 Å². The highest BCUT2D eigenvalue weighted by molar-refractivity contribution is 7.99. The molecular formula is C18H14ClF2N3O2S. The van der Waals surface area contributed by atoms with Gasteiger partial charge in [0.1, 0.15) is 12.1 Å². The van der Waals surface area contributed by atoms with Crippen LogP contribution in [0.15, 0.2) is 53.9 Å². The normalized spacial score (nSPS) is 11.0. The van der Waals surface area contributed by atoms with E-state index in [1.165, 1.54) is 36.0 Å². The average Bonchev–Trinajstić information content (AvgIpc) is 3.10. The van der Waals surface area contributed by atoms with Gasteiger partial charge in [-0.2, -0.15) is 8.78 Å². The van der Waals surface area contributed by atoms with Crippen LogP contribution in [-0.4, -0.2) is 32.9 Å². The first-order chi connectivity index (χ1) is 12.9. The Kier molecular flexibility index (Phi) is 6.08. The summed E-state index contributed by atoms with van der Waals surface area (Å²) in [5.41, 5.74) is 2.14. The smallest absolute Gasteiger partial charge is 0.387 e. The first kappa shape index (κ1) is 19.3. The molecule has 0 atom stereocenters. The second-order valence-corrected chi connectivity index (χ2v) is 6.88. The van der Waals surface area contributed by atoms with Crippen molar-refractivity contribution < 1.29 is 18.3 Å². The monoisotopic (exact) mass is 409 g/mol. The van der Waals surface area contributed by atoms with Gasteiger partial charge in [0.25, 0.3) is 0 Å². The number of alkyl halides is 2. The second kappa shape index (κ2) is 8.49. The van der Waals surface area contributed by atoms with Crippen LogP contribution in [0.2, 0.25) is 5.02 Å². The highest BCUT2D eigenvalue weighted by Crippen LogP contribution is 2.24. The Labute approximate surface area is 163 Å². The molecule has 1 heterocycles. The lowest BCUT2D eigenvalue weighted by molar-refractivity contribution is -0.0498. The molecule has 1 aromatic heterocycles. The molecule has 0 saturated carbocycles. The summed E-state index contributed by atoms with van der Waals surface area (Å²) in [6.07, 6.45) is 1.55. The predicted octanol–water partition coefficient (Wildman–Crippen LogP) is 4.81. The van der Waals surface area contributed by atoms with Crippen molar-refractivity contribution in [3.63, 3.8) is 0 Å². The SMILES string of the molecule is Cc1ccc(-n2cnnc2SCC(=O)c2ccc(OC(F)F)cc2)cc1Cl. The Morgan fingerprint density at radius 1 is 1.26 bits per heavy atom. The summed E-state index contributed by atoms with van der Waals surface area (Å²) in [6, 6.07) is 11.1. The van der Waals surface area contributed by atoms with Crippen LogP contribution in [0.5, 0.6) is 5.75 Å². The summed E-state index contributed by atoms with van der Waals surface area (Å²) < 4.78 is 30.3.